The highest BCUT2D eigenvalue weighted by molar-refractivity contribution is 6.37. The number of piperidine rings is 1. The molecule has 116 valence electrons. The van der Waals surface area contributed by atoms with E-state index in [-0.39, 0.29) is 15.8 Å². The Morgan fingerprint density at radius 3 is 2.38 bits per heavy atom. The Hall–Kier alpha value is -0.900. The molecule has 0 atom stereocenters. The van der Waals surface area contributed by atoms with E-state index in [1.54, 1.807) is 12.1 Å². The van der Waals surface area contributed by atoms with Crippen LogP contribution in [0.2, 0.25) is 10.0 Å². The Balaban J connectivity index is 1.88. The SMILES string of the molecule is CC(C)=CCN1CCC(Nc2cc(Cl)c(O)c(Cl)c2)CC1. The zero-order valence-corrected chi connectivity index (χ0v) is 14.0. The number of hydrogen-bond acceptors (Lipinski definition) is 3. The molecule has 0 saturated carbocycles. The van der Waals surface area contributed by atoms with Crippen LogP contribution in [0.5, 0.6) is 5.75 Å². The maximum Gasteiger partial charge on any atom is 0.152 e. The molecular weight excluding hydrogens is 307 g/mol. The van der Waals surface area contributed by atoms with Gasteiger partial charge in [0.25, 0.3) is 0 Å². The molecule has 0 aliphatic carbocycles. The number of rotatable bonds is 4. The van der Waals surface area contributed by atoms with Crippen LogP contribution in [-0.4, -0.2) is 35.7 Å². The summed E-state index contributed by atoms with van der Waals surface area (Å²) in [7, 11) is 0. The molecule has 5 heteroatoms. The zero-order chi connectivity index (χ0) is 15.4. The fourth-order valence-electron chi connectivity index (χ4n) is 2.46. The molecule has 2 N–H and O–H groups in total. The molecule has 1 aliphatic heterocycles. The molecule has 0 radical (unpaired) electrons. The minimum atomic E-state index is -0.0552. The maximum absolute atomic E-state index is 9.57. The van der Waals surface area contributed by atoms with E-state index in [1.165, 1.54) is 5.57 Å². The summed E-state index contributed by atoms with van der Waals surface area (Å²) < 4.78 is 0. The highest BCUT2D eigenvalue weighted by Crippen LogP contribution is 2.35. The summed E-state index contributed by atoms with van der Waals surface area (Å²) >= 11 is 11.9. The van der Waals surface area contributed by atoms with Crippen molar-refractivity contribution < 1.29 is 5.11 Å². The van der Waals surface area contributed by atoms with Crippen molar-refractivity contribution in [2.75, 3.05) is 25.0 Å². The summed E-state index contributed by atoms with van der Waals surface area (Å²) in [4.78, 5) is 2.46. The van der Waals surface area contributed by atoms with Gasteiger partial charge in [-0.05, 0) is 38.8 Å². The molecule has 0 unspecified atom stereocenters. The summed E-state index contributed by atoms with van der Waals surface area (Å²) in [5.74, 6) is -0.0552. The lowest BCUT2D eigenvalue weighted by atomic mass is 10.0. The third-order valence-corrected chi connectivity index (χ3v) is 4.31. The predicted molar refractivity (Wildman–Crippen MR) is 90.6 cm³/mol. The minimum Gasteiger partial charge on any atom is -0.505 e. The lowest BCUT2D eigenvalue weighted by Gasteiger charge is -2.32. The minimum absolute atomic E-state index is 0.0552. The van der Waals surface area contributed by atoms with Crippen molar-refractivity contribution in [1.29, 1.82) is 0 Å². The standard InChI is InChI=1S/C16H22Cl2N2O/c1-11(2)3-6-20-7-4-12(5-8-20)19-13-9-14(17)16(21)15(18)10-13/h3,9-10,12,19,21H,4-8H2,1-2H3. The average Bonchev–Trinajstić information content (AvgIpc) is 2.44. The molecule has 0 amide bonds. The molecule has 1 saturated heterocycles. The number of allylic oxidation sites excluding steroid dienone is 1. The summed E-state index contributed by atoms with van der Waals surface area (Å²) in [6.07, 6.45) is 4.45. The van der Waals surface area contributed by atoms with Gasteiger partial charge in [-0.15, -0.1) is 0 Å². The van der Waals surface area contributed by atoms with Crippen LogP contribution >= 0.6 is 23.2 Å². The fraction of sp³-hybridized carbons (Fsp3) is 0.500. The second-order valence-corrected chi connectivity index (χ2v) is 6.60. The van der Waals surface area contributed by atoms with Crippen molar-refractivity contribution in [3.8, 4) is 5.75 Å². The van der Waals surface area contributed by atoms with E-state index in [9.17, 15) is 5.11 Å². The van der Waals surface area contributed by atoms with Gasteiger partial charge in [-0.25, -0.2) is 0 Å². The van der Waals surface area contributed by atoms with Gasteiger partial charge in [-0.2, -0.15) is 0 Å². The van der Waals surface area contributed by atoms with Crippen molar-refractivity contribution in [2.24, 2.45) is 0 Å². The van der Waals surface area contributed by atoms with Crippen LogP contribution in [0.25, 0.3) is 0 Å². The van der Waals surface area contributed by atoms with Crippen molar-refractivity contribution in [2.45, 2.75) is 32.7 Å². The monoisotopic (exact) mass is 328 g/mol. The Morgan fingerprint density at radius 2 is 1.86 bits per heavy atom. The van der Waals surface area contributed by atoms with E-state index < -0.39 is 0 Å². The molecule has 2 rings (SSSR count). The second kappa shape index (κ2) is 7.39. The molecule has 0 bridgehead atoms. The molecule has 1 fully saturated rings. The first-order valence-electron chi connectivity index (χ1n) is 7.26. The smallest absolute Gasteiger partial charge is 0.152 e. The Bertz CT molecular complexity index is 496. The van der Waals surface area contributed by atoms with Gasteiger partial charge >= 0.3 is 0 Å². The topological polar surface area (TPSA) is 35.5 Å². The van der Waals surface area contributed by atoms with Crippen LogP contribution in [0.3, 0.4) is 0 Å². The van der Waals surface area contributed by atoms with Crippen LogP contribution in [-0.2, 0) is 0 Å². The van der Waals surface area contributed by atoms with Crippen LogP contribution < -0.4 is 5.32 Å². The number of nitrogens with zero attached hydrogens (tertiary/aromatic N) is 1. The summed E-state index contributed by atoms with van der Waals surface area (Å²) in [5.41, 5.74) is 2.23. The molecule has 1 heterocycles. The maximum atomic E-state index is 9.57. The van der Waals surface area contributed by atoms with E-state index in [0.29, 0.717) is 6.04 Å². The van der Waals surface area contributed by atoms with Crippen LogP contribution in [0.4, 0.5) is 5.69 Å². The van der Waals surface area contributed by atoms with Gasteiger partial charge in [0, 0.05) is 31.4 Å². The zero-order valence-electron chi connectivity index (χ0n) is 12.5. The third-order valence-electron chi connectivity index (χ3n) is 3.73. The van der Waals surface area contributed by atoms with Gasteiger partial charge in [0.1, 0.15) is 0 Å². The summed E-state index contributed by atoms with van der Waals surface area (Å²) in [6, 6.07) is 3.86. The average molecular weight is 329 g/mol. The van der Waals surface area contributed by atoms with Crippen molar-refractivity contribution in [3.05, 3.63) is 33.8 Å². The first-order valence-corrected chi connectivity index (χ1v) is 8.01. The molecule has 0 spiro atoms. The number of likely N-dealkylation sites (tertiary alicyclic amines) is 1. The molecule has 3 nitrogen and oxygen atoms in total. The number of nitrogens with one attached hydrogen (secondary N) is 1. The third kappa shape index (κ3) is 4.80. The number of phenols is 1. The lowest BCUT2D eigenvalue weighted by Crippen LogP contribution is -2.39. The fourth-order valence-corrected chi connectivity index (χ4v) is 2.94. The van der Waals surface area contributed by atoms with E-state index in [4.69, 9.17) is 23.2 Å². The highest BCUT2D eigenvalue weighted by Gasteiger charge is 2.19. The normalized spacial score (nSPS) is 16.8. The Kier molecular flexibility index (Phi) is 5.80. The van der Waals surface area contributed by atoms with Gasteiger partial charge in [-0.3, -0.25) is 4.90 Å². The van der Waals surface area contributed by atoms with Crippen molar-refractivity contribution in [3.63, 3.8) is 0 Å². The van der Waals surface area contributed by atoms with Crippen LogP contribution in [0.1, 0.15) is 26.7 Å². The lowest BCUT2D eigenvalue weighted by molar-refractivity contribution is 0.240. The van der Waals surface area contributed by atoms with E-state index in [1.807, 2.05) is 0 Å². The Morgan fingerprint density at radius 1 is 1.29 bits per heavy atom. The number of phenolic OH excluding ortho intramolecular Hbond substituents is 1. The van der Waals surface area contributed by atoms with Gasteiger partial charge in [-0.1, -0.05) is 34.9 Å². The largest absolute Gasteiger partial charge is 0.505 e. The first-order chi connectivity index (χ1) is 9.95. The quantitative estimate of drug-likeness (QED) is 0.629. The van der Waals surface area contributed by atoms with Gasteiger partial charge in [0.2, 0.25) is 0 Å². The summed E-state index contributed by atoms with van der Waals surface area (Å²) in [6.45, 7) is 7.47. The van der Waals surface area contributed by atoms with Gasteiger partial charge in [0.05, 0.1) is 10.0 Å². The van der Waals surface area contributed by atoms with E-state index in [0.717, 1.165) is 38.2 Å². The molecule has 1 aliphatic rings. The molecular formula is C16H22Cl2N2O. The van der Waals surface area contributed by atoms with E-state index >= 15 is 0 Å². The molecule has 0 aromatic heterocycles. The number of anilines is 1. The number of hydrogen-bond donors (Lipinski definition) is 2. The molecule has 1 aromatic rings. The number of aromatic hydroxyl groups is 1. The summed E-state index contributed by atoms with van der Waals surface area (Å²) in [5, 5.41) is 13.6. The van der Waals surface area contributed by atoms with Crippen molar-refractivity contribution in [1.82, 2.24) is 4.90 Å². The number of halogens is 2. The Labute approximate surface area is 136 Å². The van der Waals surface area contributed by atoms with E-state index in [2.05, 4.69) is 30.1 Å². The van der Waals surface area contributed by atoms with Crippen LogP contribution in [0, 0.1) is 0 Å². The second-order valence-electron chi connectivity index (χ2n) is 5.79. The molecule has 1 aromatic carbocycles. The van der Waals surface area contributed by atoms with Gasteiger partial charge < -0.3 is 10.4 Å². The highest BCUT2D eigenvalue weighted by atomic mass is 35.5. The van der Waals surface area contributed by atoms with Gasteiger partial charge in [0.15, 0.2) is 5.75 Å². The van der Waals surface area contributed by atoms with Crippen molar-refractivity contribution >= 4 is 28.9 Å². The van der Waals surface area contributed by atoms with Crippen LogP contribution in [0.15, 0.2) is 23.8 Å². The number of benzene rings is 1. The molecule has 21 heavy (non-hydrogen) atoms. The predicted octanol–water partition coefficient (Wildman–Crippen LogP) is 4.54. The first kappa shape index (κ1) is 16.5.